The van der Waals surface area contributed by atoms with E-state index in [0.717, 1.165) is 9.92 Å². The number of nitrogens with one attached hydrogen (secondary N) is 1. The van der Waals surface area contributed by atoms with Crippen LogP contribution in [-0.2, 0) is 9.63 Å². The Balaban J connectivity index is 2.33. The van der Waals surface area contributed by atoms with Gasteiger partial charge in [0.1, 0.15) is 0 Å². The number of hydroxylamine groups is 2. The first-order valence-electron chi connectivity index (χ1n) is 5.48. The van der Waals surface area contributed by atoms with Gasteiger partial charge in [-0.15, -0.1) is 11.8 Å². The number of rotatable bonds is 6. The second kappa shape index (κ2) is 7.63. The summed E-state index contributed by atoms with van der Waals surface area (Å²) in [5, 5.41) is 5.05. The molecule has 1 N–H and O–H groups in total. The van der Waals surface area contributed by atoms with Gasteiger partial charge < -0.3 is 0 Å². The van der Waals surface area contributed by atoms with Crippen LogP contribution in [0.1, 0.15) is 6.92 Å². The number of likely N-dealkylation sites (N-methyl/N-ethyl adjacent to an activating group) is 1. The lowest BCUT2D eigenvalue weighted by Gasteiger charge is -2.19. The molecular formula is C12H17ClN2O2S. The van der Waals surface area contributed by atoms with E-state index in [1.807, 2.05) is 24.3 Å². The van der Waals surface area contributed by atoms with Gasteiger partial charge in [-0.05, 0) is 31.2 Å². The second-order valence-electron chi connectivity index (χ2n) is 3.69. The predicted molar refractivity (Wildman–Crippen MR) is 74.6 cm³/mol. The molecule has 0 radical (unpaired) electrons. The summed E-state index contributed by atoms with van der Waals surface area (Å²) in [7, 11) is 3.06. The third kappa shape index (κ3) is 4.86. The molecule has 0 saturated heterocycles. The van der Waals surface area contributed by atoms with Crippen LogP contribution in [0.3, 0.4) is 0 Å². The number of thioether (sulfide) groups is 1. The Morgan fingerprint density at radius 3 is 2.67 bits per heavy atom. The highest BCUT2D eigenvalue weighted by Gasteiger charge is 2.16. The Hall–Kier alpha value is -0.750. The summed E-state index contributed by atoms with van der Waals surface area (Å²) in [6.07, 6.45) is 0. The fourth-order valence-corrected chi connectivity index (χ4v) is 2.19. The van der Waals surface area contributed by atoms with Gasteiger partial charge >= 0.3 is 0 Å². The topological polar surface area (TPSA) is 41.6 Å². The average Bonchev–Trinajstić information content (AvgIpc) is 2.39. The minimum Gasteiger partial charge on any atom is -0.297 e. The molecule has 1 rings (SSSR count). The maximum atomic E-state index is 11.7. The molecule has 0 bridgehead atoms. The smallest absolute Gasteiger partial charge is 0.262 e. The van der Waals surface area contributed by atoms with Crippen LogP contribution >= 0.6 is 23.4 Å². The lowest BCUT2D eigenvalue weighted by Crippen LogP contribution is -2.42. The van der Waals surface area contributed by atoms with Gasteiger partial charge in [0.15, 0.2) is 0 Å². The van der Waals surface area contributed by atoms with Crippen molar-refractivity contribution >= 4 is 29.3 Å². The normalized spacial score (nSPS) is 12.2. The number of halogens is 1. The largest absolute Gasteiger partial charge is 0.297 e. The van der Waals surface area contributed by atoms with Crippen molar-refractivity contribution in [3.63, 3.8) is 0 Å². The molecular weight excluding hydrogens is 272 g/mol. The molecule has 1 aromatic rings. The summed E-state index contributed by atoms with van der Waals surface area (Å²) in [5.74, 6) is 0.542. The van der Waals surface area contributed by atoms with Gasteiger partial charge in [0.2, 0.25) is 0 Å². The van der Waals surface area contributed by atoms with Gasteiger partial charge in [-0.25, -0.2) is 5.06 Å². The van der Waals surface area contributed by atoms with E-state index in [0.29, 0.717) is 5.88 Å². The number of hydrogen-bond donors (Lipinski definition) is 1. The van der Waals surface area contributed by atoms with Gasteiger partial charge in [-0.3, -0.25) is 14.9 Å². The second-order valence-corrected chi connectivity index (χ2v) is 5.17. The van der Waals surface area contributed by atoms with E-state index < -0.39 is 0 Å². The van der Waals surface area contributed by atoms with Crippen molar-refractivity contribution in [2.45, 2.75) is 17.9 Å². The third-order valence-corrected chi connectivity index (χ3v) is 3.57. The SMILES string of the molecule is CON(C)C(=O)C(C)NCSc1ccc(Cl)cc1. The summed E-state index contributed by atoms with van der Waals surface area (Å²) in [5.41, 5.74) is 0. The van der Waals surface area contributed by atoms with Crippen LogP contribution in [0.25, 0.3) is 0 Å². The van der Waals surface area contributed by atoms with Crippen molar-refractivity contribution in [2.24, 2.45) is 0 Å². The molecule has 0 aliphatic rings. The van der Waals surface area contributed by atoms with E-state index in [1.54, 1.807) is 25.7 Å². The van der Waals surface area contributed by atoms with Crippen LogP contribution in [0, 0.1) is 0 Å². The average molecular weight is 289 g/mol. The Kier molecular flexibility index (Phi) is 6.49. The van der Waals surface area contributed by atoms with Crippen molar-refractivity contribution in [3.8, 4) is 0 Å². The van der Waals surface area contributed by atoms with Crippen LogP contribution in [0.4, 0.5) is 0 Å². The Bertz CT molecular complexity index is 386. The quantitative estimate of drug-likeness (QED) is 0.496. The van der Waals surface area contributed by atoms with E-state index in [-0.39, 0.29) is 11.9 Å². The zero-order chi connectivity index (χ0) is 13.5. The standard InChI is InChI=1S/C12H17ClN2O2S/c1-9(12(16)15(2)17-3)14-8-18-11-6-4-10(13)5-7-11/h4-7,9,14H,8H2,1-3H3. The molecule has 0 heterocycles. The lowest BCUT2D eigenvalue weighted by molar-refractivity contribution is -0.170. The fourth-order valence-electron chi connectivity index (χ4n) is 1.23. The van der Waals surface area contributed by atoms with Crippen molar-refractivity contribution in [1.82, 2.24) is 10.4 Å². The Morgan fingerprint density at radius 1 is 1.50 bits per heavy atom. The van der Waals surface area contributed by atoms with Crippen LogP contribution in [-0.4, -0.2) is 37.0 Å². The zero-order valence-electron chi connectivity index (χ0n) is 10.6. The number of benzene rings is 1. The molecule has 0 aliphatic carbocycles. The Morgan fingerprint density at radius 2 is 2.11 bits per heavy atom. The number of nitrogens with zero attached hydrogens (tertiary/aromatic N) is 1. The summed E-state index contributed by atoms with van der Waals surface area (Å²) in [6.45, 7) is 1.81. The highest BCUT2D eigenvalue weighted by atomic mass is 35.5. The van der Waals surface area contributed by atoms with E-state index in [4.69, 9.17) is 16.4 Å². The first-order valence-corrected chi connectivity index (χ1v) is 6.84. The van der Waals surface area contributed by atoms with E-state index in [2.05, 4.69) is 5.32 Å². The molecule has 0 aromatic heterocycles. The van der Waals surface area contributed by atoms with E-state index in [9.17, 15) is 4.79 Å². The van der Waals surface area contributed by atoms with Crippen molar-refractivity contribution in [2.75, 3.05) is 20.0 Å². The molecule has 18 heavy (non-hydrogen) atoms. The van der Waals surface area contributed by atoms with E-state index >= 15 is 0 Å². The number of carbonyl (C=O) groups is 1. The summed E-state index contributed by atoms with van der Waals surface area (Å²) in [4.78, 5) is 17.6. The molecule has 1 aromatic carbocycles. The van der Waals surface area contributed by atoms with Crippen molar-refractivity contribution in [1.29, 1.82) is 0 Å². The van der Waals surface area contributed by atoms with E-state index in [1.165, 1.54) is 12.2 Å². The summed E-state index contributed by atoms with van der Waals surface area (Å²) >= 11 is 7.41. The maximum absolute atomic E-state index is 11.7. The molecule has 1 atom stereocenters. The van der Waals surface area contributed by atoms with Crippen LogP contribution in [0.5, 0.6) is 0 Å². The monoisotopic (exact) mass is 288 g/mol. The zero-order valence-corrected chi connectivity index (χ0v) is 12.2. The number of amides is 1. The first kappa shape index (κ1) is 15.3. The third-order valence-electron chi connectivity index (χ3n) is 2.40. The van der Waals surface area contributed by atoms with Gasteiger partial charge in [-0.2, -0.15) is 0 Å². The van der Waals surface area contributed by atoms with Crippen LogP contribution < -0.4 is 5.32 Å². The highest BCUT2D eigenvalue weighted by Crippen LogP contribution is 2.19. The molecule has 6 heteroatoms. The first-order chi connectivity index (χ1) is 8.54. The van der Waals surface area contributed by atoms with Crippen LogP contribution in [0.2, 0.25) is 5.02 Å². The van der Waals surface area contributed by atoms with Crippen LogP contribution in [0.15, 0.2) is 29.2 Å². The summed E-state index contributed by atoms with van der Waals surface area (Å²) in [6, 6.07) is 7.30. The molecule has 4 nitrogen and oxygen atoms in total. The molecule has 0 aliphatic heterocycles. The van der Waals surface area contributed by atoms with Gasteiger partial charge in [0.25, 0.3) is 5.91 Å². The highest BCUT2D eigenvalue weighted by molar-refractivity contribution is 7.99. The molecule has 0 fully saturated rings. The predicted octanol–water partition coefficient (Wildman–Crippen LogP) is 2.39. The maximum Gasteiger partial charge on any atom is 0.262 e. The Labute approximate surface area is 117 Å². The molecule has 1 amide bonds. The van der Waals surface area contributed by atoms with Crippen molar-refractivity contribution < 1.29 is 9.63 Å². The molecule has 0 spiro atoms. The fraction of sp³-hybridized carbons (Fsp3) is 0.417. The summed E-state index contributed by atoms with van der Waals surface area (Å²) < 4.78 is 0. The minimum atomic E-state index is -0.283. The van der Waals surface area contributed by atoms with Gasteiger partial charge in [0.05, 0.1) is 13.2 Å². The molecule has 100 valence electrons. The lowest BCUT2D eigenvalue weighted by atomic mass is 10.3. The number of carbonyl (C=O) groups excluding carboxylic acids is 1. The van der Waals surface area contributed by atoms with Gasteiger partial charge in [0, 0.05) is 22.8 Å². The number of hydrogen-bond acceptors (Lipinski definition) is 4. The minimum absolute atomic E-state index is 0.103. The van der Waals surface area contributed by atoms with Gasteiger partial charge in [-0.1, -0.05) is 11.6 Å². The molecule has 1 unspecified atom stereocenters. The van der Waals surface area contributed by atoms with Crippen molar-refractivity contribution in [3.05, 3.63) is 29.3 Å². The molecule has 0 saturated carbocycles.